The number of carbonyl (C=O) groups is 1. The second-order valence-electron chi connectivity index (χ2n) is 6.77. The molecule has 0 saturated carbocycles. The molecule has 1 saturated heterocycles. The van der Waals surface area contributed by atoms with E-state index in [0.717, 1.165) is 11.3 Å². The van der Waals surface area contributed by atoms with Crippen molar-refractivity contribution >= 4 is 21.8 Å². The van der Waals surface area contributed by atoms with E-state index < -0.39 is 10.2 Å². The summed E-state index contributed by atoms with van der Waals surface area (Å²) in [6, 6.07) is 7.99. The molecule has 1 unspecified atom stereocenters. The van der Waals surface area contributed by atoms with Crippen LogP contribution >= 0.6 is 0 Å². The highest BCUT2D eigenvalue weighted by molar-refractivity contribution is 7.86. The van der Waals surface area contributed by atoms with Crippen molar-refractivity contribution in [2.75, 3.05) is 46.2 Å². The zero-order valence-electron chi connectivity index (χ0n) is 15.4. The van der Waals surface area contributed by atoms with Gasteiger partial charge in [0, 0.05) is 53.5 Å². The molecule has 140 valence electrons. The molecule has 0 aromatic heterocycles. The molecule has 7 nitrogen and oxygen atoms in total. The van der Waals surface area contributed by atoms with Crippen LogP contribution in [0.5, 0.6) is 0 Å². The van der Waals surface area contributed by atoms with Crippen molar-refractivity contribution in [3.05, 3.63) is 29.8 Å². The number of hydrogen-bond acceptors (Lipinski definition) is 4. The summed E-state index contributed by atoms with van der Waals surface area (Å²) in [5.41, 5.74) is 2.12. The van der Waals surface area contributed by atoms with E-state index in [1.54, 1.807) is 0 Å². The predicted octanol–water partition coefficient (Wildman–Crippen LogP) is 0.887. The van der Waals surface area contributed by atoms with E-state index in [4.69, 9.17) is 0 Å². The van der Waals surface area contributed by atoms with Crippen molar-refractivity contribution in [2.24, 2.45) is 5.92 Å². The van der Waals surface area contributed by atoms with Gasteiger partial charge in [-0.25, -0.2) is 0 Å². The Balaban J connectivity index is 1.92. The van der Waals surface area contributed by atoms with Crippen molar-refractivity contribution in [1.82, 2.24) is 13.9 Å². The van der Waals surface area contributed by atoms with Gasteiger partial charge in [0.05, 0.1) is 5.92 Å². The smallest absolute Gasteiger partial charge is 0.281 e. The number of anilines is 1. The van der Waals surface area contributed by atoms with Crippen LogP contribution in [0, 0.1) is 5.92 Å². The van der Waals surface area contributed by atoms with Crippen LogP contribution in [0.4, 0.5) is 5.69 Å². The standard InChI is InChI=1S/C17H28N4O3S/c1-19(2)16-9-7-14(8-10-16)12-18-17(22)15-6-5-11-21(13-15)25(23,24)20(3)4/h7-10,15H,5-6,11-13H2,1-4H3,(H,18,22). The van der Waals surface area contributed by atoms with E-state index in [-0.39, 0.29) is 18.4 Å². The zero-order valence-corrected chi connectivity index (χ0v) is 16.2. The van der Waals surface area contributed by atoms with Gasteiger partial charge in [-0.15, -0.1) is 0 Å². The van der Waals surface area contributed by atoms with E-state index in [0.29, 0.717) is 25.9 Å². The SMILES string of the molecule is CN(C)c1ccc(CNC(=O)C2CCCN(S(=O)(=O)N(C)C)C2)cc1. The third kappa shape index (κ3) is 4.93. The molecule has 0 radical (unpaired) electrons. The third-order valence-electron chi connectivity index (χ3n) is 4.46. The second-order valence-corrected chi connectivity index (χ2v) is 8.91. The fourth-order valence-corrected chi connectivity index (χ4v) is 4.03. The maximum absolute atomic E-state index is 12.4. The largest absolute Gasteiger partial charge is 0.378 e. The van der Waals surface area contributed by atoms with Gasteiger partial charge >= 0.3 is 0 Å². The van der Waals surface area contributed by atoms with Gasteiger partial charge in [0.1, 0.15) is 0 Å². The first kappa shape index (κ1) is 19.7. The van der Waals surface area contributed by atoms with Gasteiger partial charge < -0.3 is 10.2 Å². The zero-order chi connectivity index (χ0) is 18.6. The average molecular weight is 369 g/mol. The minimum atomic E-state index is -3.46. The number of hydrogen-bond donors (Lipinski definition) is 1. The first-order chi connectivity index (χ1) is 11.7. The molecule has 1 aliphatic heterocycles. The molecular weight excluding hydrogens is 340 g/mol. The van der Waals surface area contributed by atoms with Gasteiger partial charge in [-0.2, -0.15) is 17.0 Å². The highest BCUT2D eigenvalue weighted by Crippen LogP contribution is 2.20. The van der Waals surface area contributed by atoms with E-state index in [2.05, 4.69) is 5.32 Å². The highest BCUT2D eigenvalue weighted by Gasteiger charge is 2.33. The highest BCUT2D eigenvalue weighted by atomic mass is 32.2. The van der Waals surface area contributed by atoms with E-state index in [1.165, 1.54) is 22.7 Å². The number of amides is 1. The molecule has 1 heterocycles. The summed E-state index contributed by atoms with van der Waals surface area (Å²) in [4.78, 5) is 14.5. The summed E-state index contributed by atoms with van der Waals surface area (Å²) in [6.07, 6.45) is 1.41. The Hall–Kier alpha value is -1.64. The Morgan fingerprint density at radius 1 is 1.20 bits per heavy atom. The third-order valence-corrected chi connectivity index (χ3v) is 6.37. The molecular formula is C17H28N4O3S. The van der Waals surface area contributed by atoms with Crippen LogP contribution in [0.1, 0.15) is 18.4 Å². The summed E-state index contributed by atoms with van der Waals surface area (Å²) in [6.45, 7) is 1.16. The monoisotopic (exact) mass is 368 g/mol. The second kappa shape index (κ2) is 8.16. The molecule has 8 heteroatoms. The summed E-state index contributed by atoms with van der Waals surface area (Å²) in [5, 5.41) is 2.93. The van der Waals surface area contributed by atoms with Crippen LogP contribution in [0.15, 0.2) is 24.3 Å². The predicted molar refractivity (Wildman–Crippen MR) is 99.5 cm³/mol. The topological polar surface area (TPSA) is 73.0 Å². The number of nitrogens with one attached hydrogen (secondary N) is 1. The van der Waals surface area contributed by atoms with E-state index in [9.17, 15) is 13.2 Å². The maximum atomic E-state index is 12.4. The Morgan fingerprint density at radius 2 is 1.84 bits per heavy atom. The van der Waals surface area contributed by atoms with Crippen molar-refractivity contribution in [1.29, 1.82) is 0 Å². The Bertz CT molecular complexity index is 686. The molecule has 1 fully saturated rings. The minimum absolute atomic E-state index is 0.0876. The summed E-state index contributed by atoms with van der Waals surface area (Å²) < 4.78 is 27.1. The normalized spacial score (nSPS) is 19.0. The van der Waals surface area contributed by atoms with E-state index >= 15 is 0 Å². The molecule has 1 aliphatic rings. The molecule has 25 heavy (non-hydrogen) atoms. The molecule has 0 spiro atoms. The number of piperidine rings is 1. The van der Waals surface area contributed by atoms with Crippen molar-refractivity contribution in [3.63, 3.8) is 0 Å². The van der Waals surface area contributed by atoms with Crippen LogP contribution in [-0.2, 0) is 21.5 Å². The summed E-state index contributed by atoms with van der Waals surface area (Å²) in [5.74, 6) is -0.389. The van der Waals surface area contributed by atoms with Gasteiger partial charge in [-0.1, -0.05) is 12.1 Å². The molecule has 0 bridgehead atoms. The lowest BCUT2D eigenvalue weighted by atomic mass is 9.99. The van der Waals surface area contributed by atoms with Gasteiger partial charge in [0.15, 0.2) is 0 Å². The van der Waals surface area contributed by atoms with Crippen molar-refractivity contribution in [3.8, 4) is 0 Å². The van der Waals surface area contributed by atoms with Crippen molar-refractivity contribution in [2.45, 2.75) is 19.4 Å². The van der Waals surface area contributed by atoms with Crippen LogP contribution in [0.2, 0.25) is 0 Å². The van der Waals surface area contributed by atoms with Gasteiger partial charge in [-0.05, 0) is 30.5 Å². The Morgan fingerprint density at radius 3 is 2.40 bits per heavy atom. The van der Waals surface area contributed by atoms with E-state index in [1.807, 2.05) is 43.3 Å². The number of nitrogens with zero attached hydrogens (tertiary/aromatic N) is 3. The summed E-state index contributed by atoms with van der Waals surface area (Å²) in [7, 11) is 3.52. The lowest BCUT2D eigenvalue weighted by Gasteiger charge is -2.32. The molecule has 0 aliphatic carbocycles. The molecule has 1 aromatic rings. The number of rotatable bonds is 6. The minimum Gasteiger partial charge on any atom is -0.378 e. The Labute approximate surface area is 150 Å². The van der Waals surface area contributed by atoms with Crippen LogP contribution < -0.4 is 10.2 Å². The molecule has 2 rings (SSSR count). The maximum Gasteiger partial charge on any atom is 0.281 e. The lowest BCUT2D eigenvalue weighted by molar-refractivity contribution is -0.126. The number of benzene rings is 1. The van der Waals surface area contributed by atoms with Crippen LogP contribution in [0.3, 0.4) is 0 Å². The first-order valence-corrected chi connectivity index (χ1v) is 9.83. The lowest BCUT2D eigenvalue weighted by Crippen LogP contribution is -2.48. The van der Waals surface area contributed by atoms with Gasteiger partial charge in [0.2, 0.25) is 5.91 Å². The van der Waals surface area contributed by atoms with Gasteiger partial charge in [-0.3, -0.25) is 4.79 Å². The quantitative estimate of drug-likeness (QED) is 0.809. The Kier molecular flexibility index (Phi) is 6.42. The summed E-state index contributed by atoms with van der Waals surface area (Å²) >= 11 is 0. The molecule has 1 aromatic carbocycles. The van der Waals surface area contributed by atoms with Gasteiger partial charge in [0.25, 0.3) is 10.2 Å². The number of carbonyl (C=O) groups excluding carboxylic acids is 1. The molecule has 1 atom stereocenters. The first-order valence-electron chi connectivity index (χ1n) is 8.43. The van der Waals surface area contributed by atoms with Crippen LogP contribution in [0.25, 0.3) is 0 Å². The van der Waals surface area contributed by atoms with Crippen molar-refractivity contribution < 1.29 is 13.2 Å². The average Bonchev–Trinajstić information content (AvgIpc) is 2.60. The fourth-order valence-electron chi connectivity index (χ4n) is 2.84. The van der Waals surface area contributed by atoms with Crippen LogP contribution in [-0.4, -0.2) is 64.2 Å². The molecule has 1 N–H and O–H groups in total. The molecule has 1 amide bonds. The fraction of sp³-hybridized carbons (Fsp3) is 0.588.